The van der Waals surface area contributed by atoms with Gasteiger partial charge in [-0.2, -0.15) is 0 Å². The van der Waals surface area contributed by atoms with Crippen LogP contribution in [0.4, 0.5) is 0 Å². The Morgan fingerprint density at radius 2 is 2.00 bits per heavy atom. The van der Waals surface area contributed by atoms with E-state index in [4.69, 9.17) is 9.88 Å². The van der Waals surface area contributed by atoms with Gasteiger partial charge in [0.05, 0.1) is 17.5 Å². The molecular weight excluding hydrogens is 342 g/mol. The third kappa shape index (κ3) is 4.89. The molecule has 1 aromatic rings. The van der Waals surface area contributed by atoms with Crippen molar-refractivity contribution in [3.05, 3.63) is 29.8 Å². The highest BCUT2D eigenvalue weighted by Crippen LogP contribution is 2.21. The Labute approximate surface area is 142 Å². The molecule has 0 saturated carbocycles. The first-order valence-corrected chi connectivity index (χ1v) is 8.57. The molecule has 0 aliphatic carbocycles. The summed E-state index contributed by atoms with van der Waals surface area (Å²) >= 11 is 0. The summed E-state index contributed by atoms with van der Waals surface area (Å²) in [6.45, 7) is 3.64. The summed E-state index contributed by atoms with van der Waals surface area (Å²) in [5.41, 5.74) is 0.826. The van der Waals surface area contributed by atoms with Crippen LogP contribution in [0.15, 0.2) is 29.2 Å². The first-order valence-electron chi connectivity index (χ1n) is 7.02. The van der Waals surface area contributed by atoms with Crippen LogP contribution >= 0.6 is 12.4 Å². The molecule has 2 atom stereocenters. The summed E-state index contributed by atoms with van der Waals surface area (Å²) in [5.74, 6) is -0.102. The lowest BCUT2D eigenvalue weighted by atomic mass is 10.1. The van der Waals surface area contributed by atoms with E-state index in [0.717, 1.165) is 12.1 Å². The highest BCUT2D eigenvalue weighted by molar-refractivity contribution is 7.89. The highest BCUT2D eigenvalue weighted by atomic mass is 35.5. The number of carbonyl (C=O) groups excluding carboxylic acids is 1. The molecule has 1 aliphatic rings. The van der Waals surface area contributed by atoms with Gasteiger partial charge in [0.2, 0.25) is 10.0 Å². The number of rotatable bonds is 4. The minimum Gasteiger partial charge on any atom is -0.366 e. The first-order chi connectivity index (χ1) is 10.3. The quantitative estimate of drug-likeness (QED) is 0.799. The van der Waals surface area contributed by atoms with Crippen LogP contribution in [0.2, 0.25) is 0 Å². The molecule has 9 heteroatoms. The molecule has 0 spiro atoms. The summed E-state index contributed by atoms with van der Waals surface area (Å²) in [7, 11) is -2.00. The largest absolute Gasteiger partial charge is 0.366 e. The van der Waals surface area contributed by atoms with Crippen LogP contribution in [0.3, 0.4) is 0 Å². The fourth-order valence-electron chi connectivity index (χ4n) is 2.30. The van der Waals surface area contributed by atoms with E-state index in [-0.39, 0.29) is 29.3 Å². The smallest absolute Gasteiger partial charge is 0.253 e. The van der Waals surface area contributed by atoms with E-state index in [1.807, 2.05) is 6.92 Å². The molecule has 2 unspecified atom stereocenters. The van der Waals surface area contributed by atoms with Crippen molar-refractivity contribution in [1.29, 1.82) is 0 Å². The molecular formula is C14H22ClN3O4S. The van der Waals surface area contributed by atoms with Crippen molar-refractivity contribution < 1.29 is 17.9 Å². The number of benzene rings is 1. The van der Waals surface area contributed by atoms with Crippen molar-refractivity contribution >= 4 is 28.3 Å². The fraction of sp³-hybridized carbons (Fsp3) is 0.500. The molecule has 7 nitrogen and oxygen atoms in total. The van der Waals surface area contributed by atoms with Gasteiger partial charge >= 0.3 is 0 Å². The van der Waals surface area contributed by atoms with E-state index < -0.39 is 16.1 Å². The number of nitrogens with two attached hydrogens (primary N) is 1. The van der Waals surface area contributed by atoms with Crippen LogP contribution in [-0.2, 0) is 19.6 Å². The van der Waals surface area contributed by atoms with Gasteiger partial charge in [0.25, 0.3) is 5.91 Å². The Morgan fingerprint density at radius 3 is 2.48 bits per heavy atom. The predicted molar refractivity (Wildman–Crippen MR) is 88.9 cm³/mol. The van der Waals surface area contributed by atoms with Gasteiger partial charge in [0, 0.05) is 20.1 Å². The Kier molecular flexibility index (Phi) is 6.97. The molecule has 0 aromatic heterocycles. The summed E-state index contributed by atoms with van der Waals surface area (Å²) in [5, 5.41) is 8.19. The zero-order valence-electron chi connectivity index (χ0n) is 13.1. The van der Waals surface area contributed by atoms with Crippen LogP contribution in [0.1, 0.15) is 18.5 Å². The Hall–Kier alpha value is -1.19. The van der Waals surface area contributed by atoms with Crippen molar-refractivity contribution in [1.82, 2.24) is 10.2 Å². The van der Waals surface area contributed by atoms with Gasteiger partial charge in [-0.05, 0) is 24.6 Å². The summed E-state index contributed by atoms with van der Waals surface area (Å²) in [6.07, 6.45) is -0.482. The van der Waals surface area contributed by atoms with E-state index >= 15 is 0 Å². The number of nitrogens with zero attached hydrogens (tertiary/aromatic N) is 1. The third-order valence-corrected chi connectivity index (χ3v) is 4.75. The van der Waals surface area contributed by atoms with Crippen LogP contribution < -0.4 is 10.5 Å². The molecule has 1 amide bonds. The first kappa shape index (κ1) is 19.9. The van der Waals surface area contributed by atoms with Crippen molar-refractivity contribution in [2.45, 2.75) is 24.0 Å². The number of morpholine rings is 1. The number of ether oxygens (including phenoxy) is 1. The van der Waals surface area contributed by atoms with Crippen molar-refractivity contribution in [3.63, 3.8) is 0 Å². The van der Waals surface area contributed by atoms with Gasteiger partial charge in [0.15, 0.2) is 0 Å². The van der Waals surface area contributed by atoms with E-state index in [2.05, 4.69) is 5.32 Å². The number of carbonyl (C=O) groups is 1. The molecule has 2 rings (SSSR count). The number of primary sulfonamides is 1. The molecule has 1 heterocycles. The molecule has 3 N–H and O–H groups in total. The van der Waals surface area contributed by atoms with Gasteiger partial charge in [-0.25, -0.2) is 13.6 Å². The lowest BCUT2D eigenvalue weighted by Crippen LogP contribution is -2.48. The molecule has 23 heavy (non-hydrogen) atoms. The summed E-state index contributed by atoms with van der Waals surface area (Å²) in [4.78, 5) is 14.0. The number of hydrogen-bond donors (Lipinski definition) is 2. The van der Waals surface area contributed by atoms with E-state index in [0.29, 0.717) is 13.2 Å². The Morgan fingerprint density at radius 1 is 1.39 bits per heavy atom. The normalized spacial score (nSPS) is 19.5. The summed E-state index contributed by atoms with van der Waals surface area (Å²) in [6, 6.07) is 6.01. The SMILES string of the molecule is CC(c1ccc(S(N)(=O)=O)cc1)N(C)C(=O)C1CNCCO1.Cl. The number of hydrogen-bond acceptors (Lipinski definition) is 5. The van der Waals surface area contributed by atoms with Gasteiger partial charge in [0.1, 0.15) is 6.10 Å². The van der Waals surface area contributed by atoms with E-state index in [9.17, 15) is 13.2 Å². The van der Waals surface area contributed by atoms with Gasteiger partial charge in [-0.3, -0.25) is 4.79 Å². The topological polar surface area (TPSA) is 102 Å². The van der Waals surface area contributed by atoms with Crippen molar-refractivity contribution in [2.24, 2.45) is 5.14 Å². The van der Waals surface area contributed by atoms with Crippen LogP contribution in [0.25, 0.3) is 0 Å². The Balaban J connectivity index is 0.00000264. The molecule has 1 aliphatic heterocycles. The molecule has 1 saturated heterocycles. The predicted octanol–water partition coefficient (Wildman–Crippen LogP) is 0.264. The maximum Gasteiger partial charge on any atom is 0.253 e. The van der Waals surface area contributed by atoms with Gasteiger partial charge < -0.3 is 15.0 Å². The number of likely N-dealkylation sites (N-methyl/N-ethyl adjacent to an activating group) is 1. The highest BCUT2D eigenvalue weighted by Gasteiger charge is 2.27. The Bertz CT molecular complexity index is 630. The van der Waals surface area contributed by atoms with Gasteiger partial charge in [-0.15, -0.1) is 12.4 Å². The second kappa shape index (κ2) is 8.07. The zero-order chi connectivity index (χ0) is 16.3. The second-order valence-electron chi connectivity index (χ2n) is 5.30. The average Bonchev–Trinajstić information content (AvgIpc) is 2.53. The lowest BCUT2D eigenvalue weighted by Gasteiger charge is -2.31. The zero-order valence-corrected chi connectivity index (χ0v) is 14.7. The average molecular weight is 364 g/mol. The van der Waals surface area contributed by atoms with E-state index in [1.54, 1.807) is 24.1 Å². The molecule has 130 valence electrons. The molecule has 0 bridgehead atoms. The second-order valence-corrected chi connectivity index (χ2v) is 6.86. The molecule has 1 aromatic carbocycles. The van der Waals surface area contributed by atoms with Crippen molar-refractivity contribution in [3.8, 4) is 0 Å². The maximum atomic E-state index is 12.4. The third-order valence-electron chi connectivity index (χ3n) is 3.82. The summed E-state index contributed by atoms with van der Waals surface area (Å²) < 4.78 is 28.0. The van der Waals surface area contributed by atoms with Crippen molar-refractivity contribution in [2.75, 3.05) is 26.7 Å². The van der Waals surface area contributed by atoms with E-state index in [1.165, 1.54) is 12.1 Å². The fourth-order valence-corrected chi connectivity index (χ4v) is 2.82. The molecule has 1 fully saturated rings. The maximum absolute atomic E-state index is 12.4. The van der Waals surface area contributed by atoms with Crippen LogP contribution in [-0.4, -0.2) is 52.1 Å². The van der Waals surface area contributed by atoms with Crippen LogP contribution in [0.5, 0.6) is 0 Å². The standard InChI is InChI=1S/C14H21N3O4S.ClH/c1-10(11-3-5-12(6-4-11)22(15,19)20)17(2)14(18)13-9-16-7-8-21-13;/h3-6,10,13,16H,7-9H2,1-2H3,(H2,15,19,20);1H. The molecule has 0 radical (unpaired) electrons. The van der Waals surface area contributed by atoms with Gasteiger partial charge in [-0.1, -0.05) is 12.1 Å². The number of halogens is 1. The number of amides is 1. The van der Waals surface area contributed by atoms with Crippen LogP contribution in [0, 0.1) is 0 Å². The lowest BCUT2D eigenvalue weighted by molar-refractivity contribution is -0.145. The number of nitrogens with one attached hydrogen (secondary N) is 1. The minimum atomic E-state index is -3.71. The monoisotopic (exact) mass is 363 g/mol. The number of sulfonamides is 1. The minimum absolute atomic E-state index is 0.